The van der Waals surface area contributed by atoms with Crippen molar-refractivity contribution in [3.8, 4) is 0 Å². The van der Waals surface area contributed by atoms with Crippen molar-refractivity contribution in [2.45, 2.75) is 74.0 Å². The van der Waals surface area contributed by atoms with E-state index in [-0.39, 0.29) is 45.8 Å². The van der Waals surface area contributed by atoms with Crippen molar-refractivity contribution < 1.29 is 74.7 Å². The van der Waals surface area contributed by atoms with Gasteiger partial charge < -0.3 is 19.3 Å². The van der Waals surface area contributed by atoms with Crippen LogP contribution in [-0.2, 0) is 40.6 Å². The first-order valence-corrected chi connectivity index (χ1v) is 17.5. The summed E-state index contributed by atoms with van der Waals surface area (Å²) in [6.07, 6.45) is 7.82. The fourth-order valence-electron chi connectivity index (χ4n) is 6.24. The number of hydrogen-bond donors (Lipinski definition) is 2. The summed E-state index contributed by atoms with van der Waals surface area (Å²) in [6, 6.07) is 8.95. The van der Waals surface area contributed by atoms with Crippen molar-refractivity contribution in [1.82, 2.24) is 0 Å². The van der Waals surface area contributed by atoms with Crippen molar-refractivity contribution in [2.75, 3.05) is 31.7 Å². The number of ether oxygens (including phenoxy) is 1. The monoisotopic (exact) mass is 683 g/mol. The summed E-state index contributed by atoms with van der Waals surface area (Å²) in [7, 11) is -7.46. The molecule has 0 fully saturated rings. The number of aliphatic carboxylic acids is 1. The van der Waals surface area contributed by atoms with Crippen molar-refractivity contribution in [2.24, 2.45) is 0 Å². The van der Waals surface area contributed by atoms with Gasteiger partial charge in [0.05, 0.1) is 21.8 Å². The van der Waals surface area contributed by atoms with Crippen LogP contribution in [0, 0.1) is 0 Å². The Morgan fingerprint density at radius 1 is 0.978 bits per heavy atom. The minimum absolute atomic E-state index is 0. The summed E-state index contributed by atoms with van der Waals surface area (Å²) >= 11 is 0. The molecular weight excluding hydrogens is 643 g/mol. The molecule has 0 saturated carbocycles. The molecule has 4 rings (SSSR count). The van der Waals surface area contributed by atoms with Crippen LogP contribution < -0.4 is 34.5 Å². The van der Waals surface area contributed by atoms with Gasteiger partial charge in [0.15, 0.2) is 5.71 Å². The second-order valence-corrected chi connectivity index (χ2v) is 15.1. The van der Waals surface area contributed by atoms with Gasteiger partial charge in [-0.3, -0.25) is 9.35 Å². The van der Waals surface area contributed by atoms with E-state index in [4.69, 9.17) is 9.84 Å². The quantitative estimate of drug-likeness (QED) is 0.138. The van der Waals surface area contributed by atoms with Crippen LogP contribution in [0.3, 0.4) is 0 Å². The Hall–Kier alpha value is -2.36. The standard InChI is InChI=1S/C32H40N2O9S2.Na/c1-31(2)24-20-22(44(37,38)39)13-15-26(24)33(17-8-6-7-12-30(35)36)28(31)10-9-11-29-32(3,4)25-21-23(45(40,41)42)14-16-27(25)34(29)18-19-43-5;/h9-11,13-16,20-21H,6-8,12,17-19H2,1-5H3,(H2-,35,36,37,38,39,40,41,42);/q;+1. The van der Waals surface area contributed by atoms with Crippen LogP contribution in [0.15, 0.2) is 70.1 Å². The summed E-state index contributed by atoms with van der Waals surface area (Å²) < 4.78 is 76.5. The summed E-state index contributed by atoms with van der Waals surface area (Å²) in [4.78, 5) is 12.5. The molecule has 0 spiro atoms. The van der Waals surface area contributed by atoms with Crippen LogP contribution in [0.1, 0.15) is 64.5 Å². The number of fused-ring (bicyclic) bond motifs is 2. The summed E-state index contributed by atoms with van der Waals surface area (Å²) in [5, 5.41) is 9.00. The smallest absolute Gasteiger partial charge is 0.744 e. The van der Waals surface area contributed by atoms with Gasteiger partial charge in [-0.05, 0) is 68.7 Å². The number of methoxy groups -OCH3 is 1. The third-order valence-corrected chi connectivity index (χ3v) is 10.3. The van der Waals surface area contributed by atoms with Crippen LogP contribution in [-0.4, -0.2) is 74.1 Å². The molecule has 244 valence electrons. The normalized spacial score (nSPS) is 17.8. The van der Waals surface area contributed by atoms with Gasteiger partial charge in [-0.1, -0.05) is 19.9 Å². The molecular formula is C32H40N2NaO9S2+. The average molecular weight is 684 g/mol. The molecule has 2 aromatic carbocycles. The maximum Gasteiger partial charge on any atom is 1.00 e. The SMILES string of the molecule is COCCN1C(=CC=CC2=[N+](CCCCCC(=O)O)c3ccc(S(=O)(=O)[O-])cc3C2(C)C)C(C)(C)c2cc(S(=O)(=O)O)ccc21.[Na+]. The van der Waals surface area contributed by atoms with Crippen molar-refractivity contribution in [3.05, 3.63) is 71.5 Å². The van der Waals surface area contributed by atoms with Gasteiger partial charge in [0.25, 0.3) is 10.1 Å². The van der Waals surface area contributed by atoms with E-state index in [0.29, 0.717) is 44.5 Å². The number of carboxylic acid groups (broad SMARTS) is 1. The Labute approximate surface area is 293 Å². The molecule has 0 amide bonds. The first-order chi connectivity index (χ1) is 20.9. The molecule has 0 atom stereocenters. The molecule has 2 heterocycles. The average Bonchev–Trinajstić information content (AvgIpc) is 3.28. The Morgan fingerprint density at radius 3 is 2.24 bits per heavy atom. The van der Waals surface area contributed by atoms with Gasteiger partial charge in [0, 0.05) is 61.0 Å². The molecule has 11 nitrogen and oxygen atoms in total. The molecule has 0 radical (unpaired) electrons. The Bertz CT molecular complexity index is 1810. The molecule has 46 heavy (non-hydrogen) atoms. The summed E-state index contributed by atoms with van der Waals surface area (Å²) in [5.74, 6) is -0.844. The Kier molecular flexibility index (Phi) is 11.9. The third-order valence-electron chi connectivity index (χ3n) is 8.61. The fourth-order valence-corrected chi connectivity index (χ4v) is 7.25. The van der Waals surface area contributed by atoms with Gasteiger partial charge in [0.1, 0.15) is 16.7 Å². The Balaban J connectivity index is 0.00000576. The Morgan fingerprint density at radius 2 is 1.63 bits per heavy atom. The number of allylic oxidation sites excluding steroid dienone is 4. The zero-order valence-corrected chi connectivity index (χ0v) is 30.7. The van der Waals surface area contributed by atoms with E-state index in [0.717, 1.165) is 28.3 Å². The van der Waals surface area contributed by atoms with E-state index in [1.807, 2.05) is 45.9 Å². The molecule has 0 saturated heterocycles. The van der Waals surface area contributed by atoms with Crippen LogP contribution in [0.25, 0.3) is 0 Å². The number of nitrogens with zero attached hydrogens (tertiary/aromatic N) is 2. The first-order valence-electron chi connectivity index (χ1n) is 14.6. The second kappa shape index (κ2) is 14.4. The van der Waals surface area contributed by atoms with Crippen LogP contribution in [0.4, 0.5) is 11.4 Å². The molecule has 2 aliphatic heterocycles. The predicted octanol–water partition coefficient (Wildman–Crippen LogP) is 1.75. The van der Waals surface area contributed by atoms with Crippen molar-refractivity contribution in [1.29, 1.82) is 0 Å². The van der Waals surface area contributed by atoms with Gasteiger partial charge in [0.2, 0.25) is 5.69 Å². The van der Waals surface area contributed by atoms with E-state index in [1.165, 1.54) is 24.3 Å². The van der Waals surface area contributed by atoms with Crippen molar-refractivity contribution >= 4 is 43.3 Å². The minimum Gasteiger partial charge on any atom is -0.744 e. The van der Waals surface area contributed by atoms with E-state index < -0.39 is 37.0 Å². The predicted molar refractivity (Wildman–Crippen MR) is 169 cm³/mol. The largest absolute Gasteiger partial charge is 1.00 e. The zero-order valence-electron chi connectivity index (χ0n) is 27.1. The number of hydrogen-bond acceptors (Lipinski definition) is 8. The van der Waals surface area contributed by atoms with Gasteiger partial charge in [-0.2, -0.15) is 13.0 Å². The molecule has 2 aromatic rings. The van der Waals surface area contributed by atoms with E-state index in [2.05, 4.69) is 9.48 Å². The van der Waals surface area contributed by atoms with Crippen LogP contribution in [0.5, 0.6) is 0 Å². The maximum atomic E-state index is 11.9. The van der Waals surface area contributed by atoms with Gasteiger partial charge >= 0.3 is 35.5 Å². The molecule has 0 unspecified atom stereocenters. The van der Waals surface area contributed by atoms with E-state index >= 15 is 0 Å². The number of rotatable bonds is 13. The second-order valence-electron chi connectivity index (χ2n) is 12.3. The first kappa shape index (κ1) is 38.1. The van der Waals surface area contributed by atoms with Crippen molar-refractivity contribution in [3.63, 3.8) is 0 Å². The van der Waals surface area contributed by atoms with Gasteiger partial charge in [-0.25, -0.2) is 8.42 Å². The third kappa shape index (κ3) is 7.84. The fraction of sp³-hybridized carbons (Fsp3) is 0.438. The molecule has 0 bridgehead atoms. The molecule has 14 heteroatoms. The minimum atomic E-state index is -4.67. The summed E-state index contributed by atoms with van der Waals surface area (Å²) in [5.41, 5.74) is 3.49. The van der Waals surface area contributed by atoms with Crippen LogP contribution >= 0.6 is 0 Å². The number of anilines is 1. The van der Waals surface area contributed by atoms with Crippen LogP contribution in [0.2, 0.25) is 0 Å². The topological polar surface area (TPSA) is 164 Å². The van der Waals surface area contributed by atoms with E-state index in [1.54, 1.807) is 19.2 Å². The molecule has 0 aliphatic carbocycles. The molecule has 0 aromatic heterocycles. The molecule has 2 aliphatic rings. The zero-order chi connectivity index (χ0) is 33.4. The maximum absolute atomic E-state index is 11.9. The van der Waals surface area contributed by atoms with E-state index in [9.17, 15) is 30.7 Å². The number of unbranched alkanes of at least 4 members (excludes halogenated alkanes) is 2. The number of carbonyl (C=O) groups is 1. The number of carboxylic acids is 1. The van der Waals surface area contributed by atoms with Gasteiger partial charge in [-0.15, -0.1) is 0 Å². The summed E-state index contributed by atoms with van der Waals surface area (Å²) in [6.45, 7) is 9.34. The molecule has 2 N–H and O–H groups in total. The number of benzene rings is 2.